The summed E-state index contributed by atoms with van der Waals surface area (Å²) in [4.78, 5) is 11.6. The fraction of sp³-hybridized carbons (Fsp3) is 0.455. The van der Waals surface area contributed by atoms with Crippen molar-refractivity contribution in [1.29, 1.82) is 0 Å². The highest BCUT2D eigenvalue weighted by molar-refractivity contribution is 5.80. The minimum absolute atomic E-state index is 0.543. The molecule has 2 heterocycles. The smallest absolute Gasteiger partial charge is 0.193 e. The molecule has 5 heteroatoms. The Morgan fingerprint density at radius 1 is 1.26 bits per heavy atom. The number of nitrogens with one attached hydrogen (secondary N) is 1. The summed E-state index contributed by atoms with van der Waals surface area (Å²) in [6.45, 7) is 7.83. The average Bonchev–Trinajstić information content (AvgIpc) is 3.19. The number of hydrogen-bond acceptors (Lipinski definition) is 3. The quantitative estimate of drug-likeness (QED) is 0.629. The van der Waals surface area contributed by atoms with Crippen molar-refractivity contribution in [3.8, 4) is 5.75 Å². The third kappa shape index (κ3) is 5.22. The molecule has 0 bridgehead atoms. The Balaban J connectivity index is 1.59. The lowest BCUT2D eigenvalue weighted by Gasteiger charge is -2.22. The molecule has 1 atom stereocenters. The fourth-order valence-electron chi connectivity index (χ4n) is 3.46. The number of aliphatic imine (C=N–C) groups is 1. The molecule has 0 aliphatic carbocycles. The normalized spacial score (nSPS) is 17.2. The minimum atomic E-state index is 0.543. The standard InChI is InChI=1S/C22H30N4O/c1-4-23-22(24-13-11-18-6-5-17(2)25-15-18)26-14-12-20(16-26)19-7-9-21(27-3)10-8-19/h5-10,15,20H,4,11-14,16H2,1-3H3,(H,23,24). The third-order valence-corrected chi connectivity index (χ3v) is 5.04. The summed E-state index contributed by atoms with van der Waals surface area (Å²) < 4.78 is 5.27. The van der Waals surface area contributed by atoms with Gasteiger partial charge in [0.25, 0.3) is 0 Å². The van der Waals surface area contributed by atoms with Gasteiger partial charge in [0.1, 0.15) is 5.75 Å². The lowest BCUT2D eigenvalue weighted by atomic mass is 9.98. The van der Waals surface area contributed by atoms with Crippen LogP contribution in [0.15, 0.2) is 47.6 Å². The molecule has 2 aromatic rings. The SMILES string of the molecule is CCNC(=NCCc1ccc(C)nc1)N1CCC(c2ccc(OC)cc2)C1. The van der Waals surface area contributed by atoms with Crippen LogP contribution in [0.2, 0.25) is 0 Å². The minimum Gasteiger partial charge on any atom is -0.497 e. The van der Waals surface area contributed by atoms with Crippen LogP contribution in [0.3, 0.4) is 0 Å². The first-order valence-corrected chi connectivity index (χ1v) is 9.78. The first-order chi connectivity index (χ1) is 13.2. The lowest BCUT2D eigenvalue weighted by Crippen LogP contribution is -2.40. The predicted molar refractivity (Wildman–Crippen MR) is 111 cm³/mol. The highest BCUT2D eigenvalue weighted by Crippen LogP contribution is 2.28. The third-order valence-electron chi connectivity index (χ3n) is 5.04. The molecule has 1 saturated heterocycles. The molecule has 27 heavy (non-hydrogen) atoms. The molecular weight excluding hydrogens is 336 g/mol. The lowest BCUT2D eigenvalue weighted by molar-refractivity contribution is 0.414. The van der Waals surface area contributed by atoms with Crippen molar-refractivity contribution in [2.75, 3.05) is 33.3 Å². The van der Waals surface area contributed by atoms with Crippen LogP contribution in [0.5, 0.6) is 5.75 Å². The van der Waals surface area contributed by atoms with Gasteiger partial charge in [0.05, 0.1) is 7.11 Å². The molecule has 1 aromatic heterocycles. The van der Waals surface area contributed by atoms with Crippen LogP contribution in [0.4, 0.5) is 0 Å². The van der Waals surface area contributed by atoms with E-state index in [1.165, 1.54) is 11.1 Å². The summed E-state index contributed by atoms with van der Waals surface area (Å²) in [5.41, 5.74) is 3.66. The Bertz CT molecular complexity index is 740. The van der Waals surface area contributed by atoms with E-state index in [0.29, 0.717) is 5.92 Å². The maximum absolute atomic E-state index is 5.27. The number of hydrogen-bond donors (Lipinski definition) is 1. The number of pyridine rings is 1. The molecule has 1 aliphatic heterocycles. The first-order valence-electron chi connectivity index (χ1n) is 9.78. The number of aromatic nitrogens is 1. The Morgan fingerprint density at radius 3 is 2.74 bits per heavy atom. The summed E-state index contributed by atoms with van der Waals surface area (Å²) in [6.07, 6.45) is 4.02. The molecule has 1 unspecified atom stereocenters. The van der Waals surface area contributed by atoms with E-state index in [2.05, 4.69) is 46.4 Å². The van der Waals surface area contributed by atoms with E-state index in [0.717, 1.165) is 56.4 Å². The summed E-state index contributed by atoms with van der Waals surface area (Å²) >= 11 is 0. The number of nitrogens with zero attached hydrogens (tertiary/aromatic N) is 3. The van der Waals surface area contributed by atoms with Crippen molar-refractivity contribution in [1.82, 2.24) is 15.2 Å². The molecular formula is C22H30N4O. The van der Waals surface area contributed by atoms with Crippen LogP contribution in [-0.2, 0) is 6.42 Å². The molecule has 3 rings (SSSR count). The summed E-state index contributed by atoms with van der Waals surface area (Å²) in [5.74, 6) is 2.48. The van der Waals surface area contributed by atoms with E-state index in [1.807, 2.05) is 25.3 Å². The predicted octanol–water partition coefficient (Wildman–Crippen LogP) is 3.40. The van der Waals surface area contributed by atoms with E-state index in [1.54, 1.807) is 7.11 Å². The first kappa shape index (κ1) is 19.2. The van der Waals surface area contributed by atoms with Gasteiger partial charge in [-0.15, -0.1) is 0 Å². The second kappa shape index (κ2) is 9.40. The monoisotopic (exact) mass is 366 g/mol. The molecule has 1 aliphatic rings. The van der Waals surface area contributed by atoms with Gasteiger partial charge in [-0.2, -0.15) is 0 Å². The molecule has 1 fully saturated rings. The van der Waals surface area contributed by atoms with Crippen molar-refractivity contribution >= 4 is 5.96 Å². The van der Waals surface area contributed by atoms with Crippen LogP contribution in [-0.4, -0.2) is 49.1 Å². The Labute approximate surface area is 162 Å². The molecule has 0 saturated carbocycles. The highest BCUT2D eigenvalue weighted by Gasteiger charge is 2.26. The second-order valence-electron chi connectivity index (χ2n) is 7.00. The van der Waals surface area contributed by atoms with Gasteiger partial charge < -0.3 is 15.0 Å². The molecule has 1 N–H and O–H groups in total. The summed E-state index contributed by atoms with van der Waals surface area (Å²) in [6, 6.07) is 12.7. The number of methoxy groups -OCH3 is 1. The van der Waals surface area contributed by atoms with Crippen LogP contribution >= 0.6 is 0 Å². The van der Waals surface area contributed by atoms with E-state index < -0.39 is 0 Å². The average molecular weight is 367 g/mol. The Kier molecular flexibility index (Phi) is 6.69. The number of rotatable bonds is 6. The van der Waals surface area contributed by atoms with Crippen molar-refractivity contribution in [2.45, 2.75) is 32.6 Å². The number of ether oxygens (including phenoxy) is 1. The largest absolute Gasteiger partial charge is 0.497 e. The van der Waals surface area contributed by atoms with Gasteiger partial charge >= 0.3 is 0 Å². The van der Waals surface area contributed by atoms with Gasteiger partial charge in [0.15, 0.2) is 5.96 Å². The molecule has 144 valence electrons. The van der Waals surface area contributed by atoms with Crippen LogP contribution in [0.1, 0.15) is 36.1 Å². The highest BCUT2D eigenvalue weighted by atomic mass is 16.5. The number of benzene rings is 1. The van der Waals surface area contributed by atoms with Crippen LogP contribution in [0.25, 0.3) is 0 Å². The number of likely N-dealkylation sites (tertiary alicyclic amines) is 1. The summed E-state index contributed by atoms with van der Waals surface area (Å²) in [5, 5.41) is 3.45. The zero-order chi connectivity index (χ0) is 19.1. The zero-order valence-electron chi connectivity index (χ0n) is 16.6. The maximum Gasteiger partial charge on any atom is 0.193 e. The molecule has 5 nitrogen and oxygen atoms in total. The number of aryl methyl sites for hydroxylation is 1. The van der Waals surface area contributed by atoms with E-state index >= 15 is 0 Å². The van der Waals surface area contributed by atoms with E-state index in [4.69, 9.17) is 9.73 Å². The molecule has 0 radical (unpaired) electrons. The fourth-order valence-corrected chi connectivity index (χ4v) is 3.46. The van der Waals surface area contributed by atoms with Gasteiger partial charge in [-0.25, -0.2) is 0 Å². The zero-order valence-corrected chi connectivity index (χ0v) is 16.6. The van der Waals surface area contributed by atoms with Gasteiger partial charge in [-0.3, -0.25) is 9.98 Å². The van der Waals surface area contributed by atoms with Gasteiger partial charge in [0, 0.05) is 44.0 Å². The van der Waals surface area contributed by atoms with E-state index in [9.17, 15) is 0 Å². The van der Waals surface area contributed by atoms with Gasteiger partial charge in [-0.05, 0) is 56.0 Å². The van der Waals surface area contributed by atoms with Gasteiger partial charge in [-0.1, -0.05) is 18.2 Å². The Hall–Kier alpha value is -2.56. The topological polar surface area (TPSA) is 49.8 Å². The van der Waals surface area contributed by atoms with Crippen molar-refractivity contribution in [3.63, 3.8) is 0 Å². The van der Waals surface area contributed by atoms with Crippen molar-refractivity contribution < 1.29 is 4.74 Å². The van der Waals surface area contributed by atoms with Crippen molar-refractivity contribution in [2.24, 2.45) is 4.99 Å². The Morgan fingerprint density at radius 2 is 2.07 bits per heavy atom. The molecule has 1 aromatic carbocycles. The van der Waals surface area contributed by atoms with Gasteiger partial charge in [0.2, 0.25) is 0 Å². The number of guanidine groups is 1. The van der Waals surface area contributed by atoms with Crippen molar-refractivity contribution in [3.05, 3.63) is 59.4 Å². The maximum atomic E-state index is 5.27. The van der Waals surface area contributed by atoms with Crippen LogP contribution in [0, 0.1) is 6.92 Å². The van der Waals surface area contributed by atoms with E-state index in [-0.39, 0.29) is 0 Å². The summed E-state index contributed by atoms with van der Waals surface area (Å²) in [7, 11) is 1.71. The molecule has 0 spiro atoms. The van der Waals surface area contributed by atoms with Crippen LogP contribution < -0.4 is 10.1 Å². The second-order valence-corrected chi connectivity index (χ2v) is 7.00. The molecule has 0 amide bonds.